The Hall–Kier alpha value is -2.56. The normalized spacial score (nSPS) is 10.8. The van der Waals surface area contributed by atoms with Crippen LogP contribution in [0, 0.1) is 6.92 Å². The van der Waals surface area contributed by atoms with Crippen LogP contribution in [-0.2, 0) is 0 Å². The minimum atomic E-state index is -0.714. The van der Waals surface area contributed by atoms with Gasteiger partial charge in [-0.15, -0.1) is 0 Å². The first-order chi connectivity index (χ1) is 10.4. The maximum Gasteiger partial charge on any atom is 0.254 e. The van der Waals surface area contributed by atoms with Gasteiger partial charge in [-0.1, -0.05) is 12.1 Å². The minimum Gasteiger partial charge on any atom is -0.497 e. The average molecular weight is 300 g/mol. The van der Waals surface area contributed by atoms with Gasteiger partial charge in [0, 0.05) is 23.5 Å². The van der Waals surface area contributed by atoms with Crippen LogP contribution in [0.2, 0.25) is 0 Å². The number of carbonyl (C=O) groups is 1. The molecule has 0 saturated heterocycles. The number of nitrogens with zero attached hydrogens (tertiary/aromatic N) is 1. The van der Waals surface area contributed by atoms with Crippen molar-refractivity contribution in [3.8, 4) is 16.9 Å². The largest absolute Gasteiger partial charge is 0.497 e. The zero-order valence-corrected chi connectivity index (χ0v) is 13.2. The SMILES string of the molecule is COc1ccc(-c2c(C)n(C(C)C)cc(C(N)=O)c2=O)cc1. The molecule has 0 radical (unpaired) electrons. The van der Waals surface area contributed by atoms with Gasteiger partial charge in [0.25, 0.3) is 5.91 Å². The van der Waals surface area contributed by atoms with E-state index in [0.717, 1.165) is 11.3 Å². The van der Waals surface area contributed by atoms with Crippen LogP contribution in [0.4, 0.5) is 0 Å². The monoisotopic (exact) mass is 300 g/mol. The molecule has 0 atom stereocenters. The molecule has 22 heavy (non-hydrogen) atoms. The number of carbonyl (C=O) groups excluding carboxylic acids is 1. The molecule has 0 aliphatic heterocycles. The second-order valence-electron chi connectivity index (χ2n) is 5.43. The molecule has 2 aromatic rings. The first-order valence-electron chi connectivity index (χ1n) is 7.06. The van der Waals surface area contributed by atoms with Gasteiger partial charge in [-0.05, 0) is 38.5 Å². The molecule has 2 N–H and O–H groups in total. The summed E-state index contributed by atoms with van der Waals surface area (Å²) in [4.78, 5) is 24.2. The second kappa shape index (κ2) is 6.05. The lowest BCUT2D eigenvalue weighted by molar-refractivity contribution is 0.0998. The molecule has 0 unspecified atom stereocenters. The van der Waals surface area contributed by atoms with E-state index in [1.807, 2.05) is 25.3 Å². The van der Waals surface area contributed by atoms with Crippen molar-refractivity contribution in [3.63, 3.8) is 0 Å². The Morgan fingerprint density at radius 2 is 1.82 bits per heavy atom. The van der Waals surface area contributed by atoms with Crippen molar-refractivity contribution in [3.05, 3.63) is 51.9 Å². The average Bonchev–Trinajstić information content (AvgIpc) is 2.47. The fraction of sp³-hybridized carbons (Fsp3) is 0.294. The Kier molecular flexibility index (Phi) is 4.35. The highest BCUT2D eigenvalue weighted by Crippen LogP contribution is 2.24. The van der Waals surface area contributed by atoms with Crippen LogP contribution in [0.1, 0.15) is 35.9 Å². The van der Waals surface area contributed by atoms with Crippen LogP contribution in [0.5, 0.6) is 5.75 Å². The van der Waals surface area contributed by atoms with Crippen LogP contribution in [0.15, 0.2) is 35.3 Å². The number of amides is 1. The Labute approximate surface area is 129 Å². The first-order valence-corrected chi connectivity index (χ1v) is 7.06. The van der Waals surface area contributed by atoms with Gasteiger partial charge in [0.1, 0.15) is 11.3 Å². The molecule has 5 heteroatoms. The second-order valence-corrected chi connectivity index (χ2v) is 5.43. The van der Waals surface area contributed by atoms with Crippen molar-refractivity contribution >= 4 is 5.91 Å². The Bertz CT molecular complexity index is 759. The summed E-state index contributed by atoms with van der Waals surface area (Å²) in [5, 5.41) is 0. The number of primary amides is 1. The molecule has 0 aliphatic rings. The standard InChI is InChI=1S/C17H20N2O3/c1-10(2)19-9-14(17(18)21)16(20)15(11(19)3)12-5-7-13(22-4)8-6-12/h5-10H,1-4H3,(H2,18,21). The highest BCUT2D eigenvalue weighted by Gasteiger charge is 2.18. The number of nitrogens with two attached hydrogens (primary N) is 1. The summed E-state index contributed by atoms with van der Waals surface area (Å²) in [5.41, 5.74) is 7.05. The Balaban J connectivity index is 2.77. The van der Waals surface area contributed by atoms with E-state index in [-0.39, 0.29) is 17.0 Å². The van der Waals surface area contributed by atoms with Crippen LogP contribution in [0.3, 0.4) is 0 Å². The van der Waals surface area contributed by atoms with E-state index in [9.17, 15) is 9.59 Å². The van der Waals surface area contributed by atoms with E-state index in [2.05, 4.69) is 0 Å². The summed E-state index contributed by atoms with van der Waals surface area (Å²) < 4.78 is 7.02. The molecule has 5 nitrogen and oxygen atoms in total. The molecule has 0 spiro atoms. The van der Waals surface area contributed by atoms with E-state index in [4.69, 9.17) is 10.5 Å². The molecule has 1 amide bonds. The topological polar surface area (TPSA) is 74.3 Å². The predicted molar refractivity (Wildman–Crippen MR) is 86.3 cm³/mol. The van der Waals surface area contributed by atoms with E-state index in [1.165, 1.54) is 6.20 Å². The van der Waals surface area contributed by atoms with Gasteiger partial charge in [0.2, 0.25) is 5.43 Å². The summed E-state index contributed by atoms with van der Waals surface area (Å²) in [5.74, 6) is -0.00851. The quantitative estimate of drug-likeness (QED) is 0.942. The van der Waals surface area contributed by atoms with Crippen LogP contribution >= 0.6 is 0 Å². The van der Waals surface area contributed by atoms with E-state index < -0.39 is 5.91 Å². The third-order valence-electron chi connectivity index (χ3n) is 3.69. The van der Waals surface area contributed by atoms with Gasteiger partial charge in [-0.3, -0.25) is 9.59 Å². The molecule has 0 saturated carbocycles. The number of rotatable bonds is 4. The lowest BCUT2D eigenvalue weighted by Crippen LogP contribution is -2.27. The lowest BCUT2D eigenvalue weighted by atomic mass is 10.0. The summed E-state index contributed by atoms with van der Waals surface area (Å²) >= 11 is 0. The minimum absolute atomic E-state index is 0.00474. The fourth-order valence-corrected chi connectivity index (χ4v) is 2.53. The number of hydrogen-bond donors (Lipinski definition) is 1. The molecule has 0 aliphatic carbocycles. The third-order valence-corrected chi connectivity index (χ3v) is 3.69. The van der Waals surface area contributed by atoms with Gasteiger partial charge >= 0.3 is 0 Å². The number of ether oxygens (including phenoxy) is 1. The summed E-state index contributed by atoms with van der Waals surface area (Å²) in [6.07, 6.45) is 1.54. The van der Waals surface area contributed by atoms with Gasteiger partial charge in [-0.2, -0.15) is 0 Å². The van der Waals surface area contributed by atoms with Gasteiger partial charge in [0.15, 0.2) is 0 Å². The van der Waals surface area contributed by atoms with E-state index in [1.54, 1.807) is 31.4 Å². The zero-order chi connectivity index (χ0) is 16.4. The van der Waals surface area contributed by atoms with Gasteiger partial charge < -0.3 is 15.0 Å². The van der Waals surface area contributed by atoms with Crippen molar-refractivity contribution in [2.75, 3.05) is 7.11 Å². The molecular weight excluding hydrogens is 280 g/mol. The molecule has 1 aromatic carbocycles. The number of methoxy groups -OCH3 is 1. The highest BCUT2D eigenvalue weighted by atomic mass is 16.5. The molecule has 0 bridgehead atoms. The van der Waals surface area contributed by atoms with E-state index >= 15 is 0 Å². The molecule has 0 fully saturated rings. The van der Waals surface area contributed by atoms with Crippen LogP contribution in [0.25, 0.3) is 11.1 Å². The molecule has 1 aromatic heterocycles. The van der Waals surface area contributed by atoms with Crippen molar-refractivity contribution < 1.29 is 9.53 Å². The predicted octanol–water partition coefficient (Wildman–Crippen LogP) is 2.51. The Morgan fingerprint density at radius 3 is 2.27 bits per heavy atom. The van der Waals surface area contributed by atoms with Crippen molar-refractivity contribution in [2.24, 2.45) is 5.73 Å². The molecule has 2 rings (SSSR count). The number of pyridine rings is 1. The van der Waals surface area contributed by atoms with Crippen LogP contribution in [-0.4, -0.2) is 17.6 Å². The lowest BCUT2D eigenvalue weighted by Gasteiger charge is -2.19. The van der Waals surface area contributed by atoms with Crippen LogP contribution < -0.4 is 15.9 Å². The van der Waals surface area contributed by atoms with Crippen molar-refractivity contribution in [1.82, 2.24) is 4.57 Å². The summed E-state index contributed by atoms with van der Waals surface area (Å²) in [6, 6.07) is 7.28. The van der Waals surface area contributed by atoms with Gasteiger partial charge in [0.05, 0.1) is 7.11 Å². The Morgan fingerprint density at radius 1 is 1.23 bits per heavy atom. The zero-order valence-electron chi connectivity index (χ0n) is 13.2. The highest BCUT2D eigenvalue weighted by molar-refractivity contribution is 5.94. The van der Waals surface area contributed by atoms with Crippen molar-refractivity contribution in [1.29, 1.82) is 0 Å². The third kappa shape index (κ3) is 2.74. The molecular formula is C17H20N2O3. The number of hydrogen-bond acceptors (Lipinski definition) is 3. The maximum absolute atomic E-state index is 12.6. The fourth-order valence-electron chi connectivity index (χ4n) is 2.53. The molecule has 116 valence electrons. The summed E-state index contributed by atoms with van der Waals surface area (Å²) in [6.45, 7) is 5.84. The number of benzene rings is 1. The maximum atomic E-state index is 12.6. The first kappa shape index (κ1) is 15.8. The molecule has 1 heterocycles. The smallest absolute Gasteiger partial charge is 0.254 e. The van der Waals surface area contributed by atoms with Crippen molar-refractivity contribution in [2.45, 2.75) is 26.8 Å². The number of aromatic nitrogens is 1. The van der Waals surface area contributed by atoms with E-state index in [0.29, 0.717) is 11.3 Å². The van der Waals surface area contributed by atoms with Gasteiger partial charge in [-0.25, -0.2) is 0 Å². The summed E-state index contributed by atoms with van der Waals surface area (Å²) in [7, 11) is 1.58.